The van der Waals surface area contributed by atoms with E-state index >= 15 is 0 Å². The highest BCUT2D eigenvalue weighted by Crippen LogP contribution is 2.34. The Morgan fingerprint density at radius 3 is 3.04 bits per heavy atom. The van der Waals surface area contributed by atoms with Crippen molar-refractivity contribution in [3.8, 4) is 5.75 Å². The summed E-state index contributed by atoms with van der Waals surface area (Å²) in [5.74, 6) is 0.252. The van der Waals surface area contributed by atoms with E-state index in [-0.39, 0.29) is 12.5 Å². The third kappa shape index (κ3) is 2.69. The van der Waals surface area contributed by atoms with Crippen LogP contribution in [0, 0.1) is 0 Å². The van der Waals surface area contributed by atoms with Gasteiger partial charge in [0.05, 0.1) is 15.9 Å². The molecule has 0 radical (unpaired) electrons. The smallest absolute Gasteiger partial charge is 0.262 e. The lowest BCUT2D eigenvalue weighted by Crippen LogP contribution is -2.26. The summed E-state index contributed by atoms with van der Waals surface area (Å²) in [5.41, 5.74) is 8.60. The van der Waals surface area contributed by atoms with Crippen molar-refractivity contribution in [3.63, 3.8) is 0 Å². The number of ether oxygens (including phenoxy) is 1. The second kappa shape index (κ2) is 6.30. The maximum atomic E-state index is 13.3. The van der Waals surface area contributed by atoms with Gasteiger partial charge in [-0.1, -0.05) is 6.07 Å². The molecule has 1 amide bonds. The van der Waals surface area contributed by atoms with E-state index in [1.165, 1.54) is 0 Å². The minimum absolute atomic E-state index is 0.0416. The summed E-state index contributed by atoms with van der Waals surface area (Å²) in [6.45, 7) is 0.438. The standard InChI is InChI=1S/C17H16N4O3S/c18-7-6-11-9-21(12-3-2-8-19-16(11)12)25(23)14-5-1-4-13-17(14)20-15(22)10-24-13/h1-5,8-9H,6-7,10,18H2,(H,20,22). The Morgan fingerprint density at radius 1 is 1.32 bits per heavy atom. The number of fused-ring (bicyclic) bond motifs is 2. The first-order chi connectivity index (χ1) is 12.2. The molecular formula is C17H16N4O3S. The number of hydrogen-bond acceptors (Lipinski definition) is 5. The lowest BCUT2D eigenvalue weighted by molar-refractivity contribution is -0.118. The first-order valence-corrected chi connectivity index (χ1v) is 8.92. The predicted octanol–water partition coefficient (Wildman–Crippen LogP) is 1.44. The highest BCUT2D eigenvalue weighted by atomic mass is 32.2. The number of carbonyl (C=O) groups is 1. The zero-order valence-corrected chi connectivity index (χ0v) is 14.1. The van der Waals surface area contributed by atoms with Crippen LogP contribution in [0.25, 0.3) is 11.0 Å². The van der Waals surface area contributed by atoms with Crippen LogP contribution in [0.5, 0.6) is 5.75 Å². The Morgan fingerprint density at radius 2 is 2.20 bits per heavy atom. The van der Waals surface area contributed by atoms with Gasteiger partial charge in [-0.25, -0.2) is 4.21 Å². The maximum absolute atomic E-state index is 13.3. The van der Waals surface area contributed by atoms with Gasteiger partial charge in [0, 0.05) is 12.4 Å². The number of para-hydroxylation sites is 1. The van der Waals surface area contributed by atoms with Gasteiger partial charge in [-0.2, -0.15) is 0 Å². The number of aromatic nitrogens is 2. The fraction of sp³-hybridized carbons (Fsp3) is 0.176. The van der Waals surface area contributed by atoms with Crippen LogP contribution in [0.2, 0.25) is 0 Å². The molecule has 1 aliphatic heterocycles. The Labute approximate surface area is 146 Å². The summed E-state index contributed by atoms with van der Waals surface area (Å²) >= 11 is 0. The summed E-state index contributed by atoms with van der Waals surface area (Å²) < 4.78 is 20.3. The quantitative estimate of drug-likeness (QED) is 0.737. The lowest BCUT2D eigenvalue weighted by Gasteiger charge is -2.20. The van der Waals surface area contributed by atoms with E-state index in [0.29, 0.717) is 29.3 Å². The minimum atomic E-state index is -1.57. The van der Waals surface area contributed by atoms with E-state index in [4.69, 9.17) is 10.5 Å². The summed E-state index contributed by atoms with van der Waals surface area (Å²) in [7, 11) is -1.57. The summed E-state index contributed by atoms with van der Waals surface area (Å²) in [4.78, 5) is 16.5. The Hall–Kier alpha value is -2.71. The molecule has 1 aromatic carbocycles. The number of hydrogen-bond donors (Lipinski definition) is 2. The van der Waals surface area contributed by atoms with Gasteiger partial charge < -0.3 is 15.8 Å². The molecule has 7 nitrogen and oxygen atoms in total. The van der Waals surface area contributed by atoms with Crippen LogP contribution in [0.3, 0.4) is 0 Å². The molecule has 1 aliphatic rings. The van der Waals surface area contributed by atoms with Crippen LogP contribution in [0.1, 0.15) is 5.56 Å². The number of nitrogens with zero attached hydrogens (tertiary/aromatic N) is 2. The van der Waals surface area contributed by atoms with Crippen LogP contribution < -0.4 is 15.8 Å². The van der Waals surface area contributed by atoms with Crippen LogP contribution >= 0.6 is 0 Å². The van der Waals surface area contributed by atoms with E-state index < -0.39 is 11.0 Å². The zero-order chi connectivity index (χ0) is 17.4. The average molecular weight is 356 g/mol. The number of benzene rings is 1. The fourth-order valence-electron chi connectivity index (χ4n) is 2.89. The number of carbonyl (C=O) groups excluding carboxylic acids is 1. The molecule has 25 heavy (non-hydrogen) atoms. The van der Waals surface area contributed by atoms with E-state index in [1.54, 1.807) is 34.4 Å². The lowest BCUT2D eigenvalue weighted by atomic mass is 10.2. The summed E-state index contributed by atoms with van der Waals surface area (Å²) in [5, 5.41) is 2.75. The number of amides is 1. The Balaban J connectivity index is 1.85. The summed E-state index contributed by atoms with van der Waals surface area (Å²) in [6.07, 6.45) is 4.16. The molecule has 0 spiro atoms. The van der Waals surface area contributed by atoms with Gasteiger partial charge in [0.2, 0.25) is 0 Å². The van der Waals surface area contributed by atoms with Crippen molar-refractivity contribution in [2.24, 2.45) is 5.73 Å². The molecule has 0 saturated carbocycles. The number of anilines is 1. The molecule has 3 N–H and O–H groups in total. The molecule has 1 atom stereocenters. The monoisotopic (exact) mass is 356 g/mol. The van der Waals surface area contributed by atoms with Gasteiger partial charge in [-0.3, -0.25) is 13.8 Å². The van der Waals surface area contributed by atoms with Gasteiger partial charge in [0.25, 0.3) is 5.91 Å². The van der Waals surface area contributed by atoms with Gasteiger partial charge in [0.1, 0.15) is 11.4 Å². The highest BCUT2D eigenvalue weighted by Gasteiger charge is 2.24. The first kappa shape index (κ1) is 15.8. The zero-order valence-electron chi connectivity index (χ0n) is 13.3. The molecule has 3 heterocycles. The largest absolute Gasteiger partial charge is 0.482 e. The Kier molecular flexibility index (Phi) is 3.98. The molecule has 0 saturated heterocycles. The average Bonchev–Trinajstić information content (AvgIpc) is 3.00. The van der Waals surface area contributed by atoms with Gasteiger partial charge >= 0.3 is 0 Å². The third-order valence-corrected chi connectivity index (χ3v) is 5.37. The fourth-order valence-corrected chi connectivity index (χ4v) is 4.18. The predicted molar refractivity (Wildman–Crippen MR) is 94.9 cm³/mol. The van der Waals surface area contributed by atoms with E-state index in [1.807, 2.05) is 12.3 Å². The minimum Gasteiger partial charge on any atom is -0.482 e. The molecule has 0 bridgehead atoms. The van der Waals surface area contributed by atoms with Crippen molar-refractivity contribution in [2.45, 2.75) is 11.3 Å². The van der Waals surface area contributed by atoms with Gasteiger partial charge in [0.15, 0.2) is 17.6 Å². The molecular weight excluding hydrogens is 340 g/mol. The molecule has 0 fully saturated rings. The molecule has 8 heteroatoms. The normalized spacial score (nSPS) is 14.7. The van der Waals surface area contributed by atoms with Crippen LogP contribution in [0.4, 0.5) is 5.69 Å². The molecule has 128 valence electrons. The SMILES string of the molecule is NCCc1cn(S(=O)c2cccc3c2NC(=O)CO3)c2cccnc12. The van der Waals surface area contributed by atoms with Gasteiger partial charge in [-0.15, -0.1) is 0 Å². The number of nitrogens with one attached hydrogen (secondary N) is 1. The van der Waals surface area contributed by atoms with Gasteiger partial charge in [-0.05, 0) is 42.8 Å². The molecule has 0 aliphatic carbocycles. The molecule has 1 unspecified atom stereocenters. The number of rotatable bonds is 4. The number of pyridine rings is 1. The highest BCUT2D eigenvalue weighted by molar-refractivity contribution is 7.83. The second-order valence-corrected chi connectivity index (χ2v) is 6.94. The maximum Gasteiger partial charge on any atom is 0.262 e. The first-order valence-electron chi connectivity index (χ1n) is 7.82. The molecule has 3 aromatic rings. The molecule has 2 aromatic heterocycles. The topological polar surface area (TPSA) is 99.2 Å². The van der Waals surface area contributed by atoms with Crippen molar-refractivity contribution in [1.82, 2.24) is 8.96 Å². The van der Waals surface area contributed by atoms with E-state index in [0.717, 1.165) is 16.6 Å². The number of nitrogens with two attached hydrogens (primary N) is 1. The van der Waals surface area contributed by atoms with Crippen LogP contribution in [-0.2, 0) is 22.2 Å². The molecule has 4 rings (SSSR count). The van der Waals surface area contributed by atoms with Crippen LogP contribution in [-0.4, -0.2) is 32.2 Å². The van der Waals surface area contributed by atoms with Crippen molar-refractivity contribution in [2.75, 3.05) is 18.5 Å². The van der Waals surface area contributed by atoms with Crippen molar-refractivity contribution in [3.05, 3.63) is 48.3 Å². The van der Waals surface area contributed by atoms with Crippen molar-refractivity contribution < 1.29 is 13.7 Å². The van der Waals surface area contributed by atoms with E-state index in [2.05, 4.69) is 10.3 Å². The summed E-state index contributed by atoms with van der Waals surface area (Å²) in [6, 6.07) is 8.88. The Bertz CT molecular complexity index is 999. The second-order valence-electron chi connectivity index (χ2n) is 5.61. The third-order valence-electron chi connectivity index (χ3n) is 3.99. The van der Waals surface area contributed by atoms with Crippen molar-refractivity contribution >= 4 is 33.6 Å². The van der Waals surface area contributed by atoms with Crippen LogP contribution in [0.15, 0.2) is 47.6 Å². The van der Waals surface area contributed by atoms with Crippen molar-refractivity contribution in [1.29, 1.82) is 0 Å². The van der Waals surface area contributed by atoms with E-state index in [9.17, 15) is 9.00 Å².